The smallest absolute Gasteiger partial charge is 0.264 e. The first-order chi connectivity index (χ1) is 15.1. The van der Waals surface area contributed by atoms with E-state index in [1.165, 1.54) is 16.9 Å². The zero-order valence-corrected chi connectivity index (χ0v) is 17.9. The maximum atomic E-state index is 13.6. The standard InChI is InChI=1S/C22H21N5O3S/c1-15-18(12-23-27(15)20-9-10-21(28)25-24-20)22(29)26(14-17-7-5-11-31-17)13-16-6-3-4-8-19(16)30-2/h3-12H,13-14H2,1-2H3,(H,25,28). The number of hydrogen-bond acceptors (Lipinski definition) is 6. The van der Waals surface area contributed by atoms with Gasteiger partial charge in [0.15, 0.2) is 5.82 Å². The number of rotatable bonds is 7. The Morgan fingerprint density at radius 1 is 1.16 bits per heavy atom. The predicted octanol–water partition coefficient (Wildman–Crippen LogP) is 3.18. The van der Waals surface area contributed by atoms with E-state index in [9.17, 15) is 9.59 Å². The maximum Gasteiger partial charge on any atom is 0.264 e. The lowest BCUT2D eigenvalue weighted by molar-refractivity contribution is 0.0730. The number of benzene rings is 1. The Hall–Kier alpha value is -3.72. The quantitative estimate of drug-likeness (QED) is 0.481. The van der Waals surface area contributed by atoms with Crippen molar-refractivity contribution in [1.29, 1.82) is 0 Å². The van der Waals surface area contributed by atoms with E-state index in [1.807, 2.05) is 41.8 Å². The Morgan fingerprint density at radius 2 is 2.00 bits per heavy atom. The fraction of sp³-hybridized carbons (Fsp3) is 0.182. The summed E-state index contributed by atoms with van der Waals surface area (Å²) in [5, 5.41) is 12.7. The number of thiophene rings is 1. The van der Waals surface area contributed by atoms with Gasteiger partial charge in [0, 0.05) is 16.5 Å². The van der Waals surface area contributed by atoms with Crippen molar-refractivity contribution in [3.8, 4) is 11.6 Å². The molecule has 0 aliphatic rings. The molecular formula is C22H21N5O3S. The molecule has 31 heavy (non-hydrogen) atoms. The number of aromatic nitrogens is 4. The number of ether oxygens (including phenoxy) is 1. The van der Waals surface area contributed by atoms with Crippen molar-refractivity contribution in [2.75, 3.05) is 7.11 Å². The molecule has 158 valence electrons. The maximum absolute atomic E-state index is 13.6. The number of carbonyl (C=O) groups is 1. The molecule has 0 radical (unpaired) electrons. The van der Waals surface area contributed by atoms with Crippen molar-refractivity contribution in [2.24, 2.45) is 0 Å². The topological polar surface area (TPSA) is 93.1 Å². The molecule has 0 aliphatic heterocycles. The minimum Gasteiger partial charge on any atom is -0.496 e. The van der Waals surface area contributed by atoms with E-state index in [0.717, 1.165) is 16.2 Å². The first-order valence-corrected chi connectivity index (χ1v) is 10.5. The highest BCUT2D eigenvalue weighted by Gasteiger charge is 2.23. The van der Waals surface area contributed by atoms with Crippen LogP contribution in [0.25, 0.3) is 5.82 Å². The number of H-pyrrole nitrogens is 1. The van der Waals surface area contributed by atoms with Gasteiger partial charge in [-0.1, -0.05) is 24.3 Å². The number of nitrogens with zero attached hydrogens (tertiary/aromatic N) is 4. The number of amides is 1. The molecular weight excluding hydrogens is 414 g/mol. The van der Waals surface area contributed by atoms with Crippen molar-refractivity contribution >= 4 is 17.2 Å². The summed E-state index contributed by atoms with van der Waals surface area (Å²) in [6.45, 7) is 2.66. The van der Waals surface area contributed by atoms with Gasteiger partial charge in [-0.2, -0.15) is 10.2 Å². The zero-order valence-electron chi connectivity index (χ0n) is 17.1. The van der Waals surface area contributed by atoms with E-state index in [-0.39, 0.29) is 11.5 Å². The molecule has 0 saturated heterocycles. The highest BCUT2D eigenvalue weighted by atomic mass is 32.1. The van der Waals surface area contributed by atoms with Crippen LogP contribution >= 0.6 is 11.3 Å². The van der Waals surface area contributed by atoms with Crippen LogP contribution in [0.1, 0.15) is 26.5 Å². The van der Waals surface area contributed by atoms with Crippen LogP contribution < -0.4 is 10.3 Å². The monoisotopic (exact) mass is 435 g/mol. The second kappa shape index (κ2) is 8.97. The van der Waals surface area contributed by atoms with Gasteiger partial charge in [0.05, 0.1) is 37.7 Å². The molecule has 0 atom stereocenters. The lowest BCUT2D eigenvalue weighted by Crippen LogP contribution is -2.30. The third kappa shape index (κ3) is 4.41. The Labute approximate surface area is 182 Å². The van der Waals surface area contributed by atoms with Gasteiger partial charge in [0.25, 0.3) is 11.5 Å². The SMILES string of the molecule is COc1ccccc1CN(Cc1cccs1)C(=O)c1cnn(-c2ccc(=O)[nH]n2)c1C. The van der Waals surface area contributed by atoms with E-state index < -0.39 is 0 Å². The van der Waals surface area contributed by atoms with Crippen LogP contribution in [0.2, 0.25) is 0 Å². The van der Waals surface area contributed by atoms with Crippen molar-refractivity contribution in [3.63, 3.8) is 0 Å². The third-order valence-electron chi connectivity index (χ3n) is 4.89. The second-order valence-electron chi connectivity index (χ2n) is 6.89. The minimum atomic E-state index is -0.302. The number of aromatic amines is 1. The molecule has 1 aromatic carbocycles. The van der Waals surface area contributed by atoms with Crippen LogP contribution in [0.4, 0.5) is 0 Å². The zero-order chi connectivity index (χ0) is 21.8. The molecule has 0 saturated carbocycles. The van der Waals surface area contributed by atoms with E-state index in [2.05, 4.69) is 15.3 Å². The van der Waals surface area contributed by atoms with E-state index in [0.29, 0.717) is 30.2 Å². The summed E-state index contributed by atoms with van der Waals surface area (Å²) in [4.78, 5) is 27.7. The molecule has 0 spiro atoms. The van der Waals surface area contributed by atoms with E-state index >= 15 is 0 Å². The summed E-state index contributed by atoms with van der Waals surface area (Å²) in [6, 6.07) is 14.6. The molecule has 1 amide bonds. The summed E-state index contributed by atoms with van der Waals surface area (Å²) in [5.41, 5.74) is 1.73. The number of hydrogen-bond donors (Lipinski definition) is 1. The van der Waals surface area contributed by atoms with Crippen molar-refractivity contribution in [3.05, 3.63) is 92.2 Å². The van der Waals surface area contributed by atoms with Gasteiger partial charge >= 0.3 is 0 Å². The van der Waals surface area contributed by atoms with Crippen LogP contribution in [-0.2, 0) is 13.1 Å². The van der Waals surface area contributed by atoms with E-state index in [1.54, 1.807) is 36.3 Å². The van der Waals surface area contributed by atoms with Gasteiger partial charge < -0.3 is 9.64 Å². The predicted molar refractivity (Wildman–Crippen MR) is 118 cm³/mol. The summed E-state index contributed by atoms with van der Waals surface area (Å²) in [7, 11) is 1.62. The Morgan fingerprint density at radius 3 is 2.71 bits per heavy atom. The number of carbonyl (C=O) groups excluding carboxylic acids is 1. The molecule has 0 aliphatic carbocycles. The highest BCUT2D eigenvalue weighted by Crippen LogP contribution is 2.24. The fourth-order valence-electron chi connectivity index (χ4n) is 3.31. The van der Waals surface area contributed by atoms with Gasteiger partial charge in [-0.25, -0.2) is 9.78 Å². The van der Waals surface area contributed by atoms with Crippen LogP contribution in [-0.4, -0.2) is 37.9 Å². The molecule has 0 unspecified atom stereocenters. The lowest BCUT2D eigenvalue weighted by Gasteiger charge is -2.23. The Bertz CT molecular complexity index is 1230. The van der Waals surface area contributed by atoms with Crippen molar-refractivity contribution in [1.82, 2.24) is 24.9 Å². The van der Waals surface area contributed by atoms with Gasteiger partial charge in [-0.05, 0) is 30.5 Å². The molecule has 3 aromatic heterocycles. The fourth-order valence-corrected chi connectivity index (χ4v) is 4.02. The Balaban J connectivity index is 1.67. The van der Waals surface area contributed by atoms with Gasteiger partial charge in [-0.3, -0.25) is 9.59 Å². The number of para-hydroxylation sites is 1. The van der Waals surface area contributed by atoms with Crippen LogP contribution in [0.3, 0.4) is 0 Å². The van der Waals surface area contributed by atoms with Gasteiger partial charge in [0.2, 0.25) is 0 Å². The summed E-state index contributed by atoms with van der Waals surface area (Å²) in [6.07, 6.45) is 1.54. The highest BCUT2D eigenvalue weighted by molar-refractivity contribution is 7.09. The molecule has 0 fully saturated rings. The largest absolute Gasteiger partial charge is 0.496 e. The average Bonchev–Trinajstić information content (AvgIpc) is 3.43. The van der Waals surface area contributed by atoms with Crippen LogP contribution in [0, 0.1) is 6.92 Å². The van der Waals surface area contributed by atoms with Crippen LogP contribution in [0.15, 0.2) is 64.9 Å². The van der Waals surface area contributed by atoms with Gasteiger partial charge in [-0.15, -0.1) is 11.3 Å². The van der Waals surface area contributed by atoms with Gasteiger partial charge in [0.1, 0.15) is 5.75 Å². The first-order valence-electron chi connectivity index (χ1n) is 9.61. The minimum absolute atomic E-state index is 0.146. The number of nitrogens with one attached hydrogen (secondary N) is 1. The molecule has 8 nitrogen and oxygen atoms in total. The van der Waals surface area contributed by atoms with Crippen molar-refractivity contribution < 1.29 is 9.53 Å². The Kier molecular flexibility index (Phi) is 5.94. The molecule has 3 heterocycles. The molecule has 1 N–H and O–H groups in total. The summed E-state index contributed by atoms with van der Waals surface area (Å²) >= 11 is 1.60. The van der Waals surface area contributed by atoms with Crippen LogP contribution in [0.5, 0.6) is 5.75 Å². The first kappa shape index (κ1) is 20.5. The number of methoxy groups -OCH3 is 1. The molecule has 4 rings (SSSR count). The second-order valence-corrected chi connectivity index (χ2v) is 7.92. The lowest BCUT2D eigenvalue weighted by atomic mass is 10.1. The average molecular weight is 436 g/mol. The third-order valence-corrected chi connectivity index (χ3v) is 5.75. The molecule has 9 heteroatoms. The molecule has 4 aromatic rings. The summed E-state index contributed by atoms with van der Waals surface area (Å²) < 4.78 is 7.01. The van der Waals surface area contributed by atoms with E-state index in [4.69, 9.17) is 4.74 Å². The normalized spacial score (nSPS) is 10.8. The van der Waals surface area contributed by atoms with Crippen molar-refractivity contribution in [2.45, 2.75) is 20.0 Å². The molecule has 0 bridgehead atoms. The summed E-state index contributed by atoms with van der Waals surface area (Å²) in [5.74, 6) is 1.02.